The SMILES string of the molecule is Cn1ccnc1CN1CCC(C(=O)NC2CCC(C(F)(F)F)CC2)CC1. The zero-order chi connectivity index (χ0) is 18.7. The van der Waals surface area contributed by atoms with Crippen molar-refractivity contribution in [2.24, 2.45) is 18.9 Å². The highest BCUT2D eigenvalue weighted by atomic mass is 19.4. The second-order valence-electron chi connectivity index (χ2n) is 7.60. The number of hydrogen-bond acceptors (Lipinski definition) is 3. The summed E-state index contributed by atoms with van der Waals surface area (Å²) in [5.41, 5.74) is 0. The van der Waals surface area contributed by atoms with E-state index in [4.69, 9.17) is 0 Å². The Morgan fingerprint density at radius 3 is 2.38 bits per heavy atom. The summed E-state index contributed by atoms with van der Waals surface area (Å²) < 4.78 is 40.2. The van der Waals surface area contributed by atoms with Gasteiger partial charge in [-0.15, -0.1) is 0 Å². The Bertz CT molecular complexity index is 600. The fourth-order valence-corrected chi connectivity index (χ4v) is 3.99. The van der Waals surface area contributed by atoms with Crippen LogP contribution >= 0.6 is 0 Å². The minimum Gasteiger partial charge on any atom is -0.353 e. The lowest BCUT2D eigenvalue weighted by Gasteiger charge is -2.34. The lowest BCUT2D eigenvalue weighted by molar-refractivity contribution is -0.182. The van der Waals surface area contributed by atoms with Crippen molar-refractivity contribution in [2.75, 3.05) is 13.1 Å². The first-order valence-electron chi connectivity index (χ1n) is 9.38. The molecule has 8 heteroatoms. The number of carbonyl (C=O) groups excluding carboxylic acids is 1. The largest absolute Gasteiger partial charge is 0.391 e. The zero-order valence-corrected chi connectivity index (χ0v) is 15.1. The Morgan fingerprint density at radius 1 is 1.19 bits per heavy atom. The molecule has 1 aliphatic carbocycles. The maximum Gasteiger partial charge on any atom is 0.391 e. The molecule has 1 aliphatic heterocycles. The van der Waals surface area contributed by atoms with Crippen LogP contribution in [0.1, 0.15) is 44.3 Å². The average Bonchev–Trinajstić information content (AvgIpc) is 3.00. The Morgan fingerprint density at radius 2 is 1.85 bits per heavy atom. The van der Waals surface area contributed by atoms with Gasteiger partial charge in [0.25, 0.3) is 0 Å². The van der Waals surface area contributed by atoms with Crippen LogP contribution < -0.4 is 5.32 Å². The number of imidazole rings is 1. The van der Waals surface area contributed by atoms with Gasteiger partial charge in [0.05, 0.1) is 12.5 Å². The number of rotatable bonds is 4. The average molecular weight is 372 g/mol. The summed E-state index contributed by atoms with van der Waals surface area (Å²) in [4.78, 5) is 19.1. The summed E-state index contributed by atoms with van der Waals surface area (Å²) in [7, 11) is 1.97. The van der Waals surface area contributed by atoms with E-state index in [1.165, 1.54) is 0 Å². The molecule has 0 spiro atoms. The van der Waals surface area contributed by atoms with E-state index in [-0.39, 0.29) is 30.7 Å². The van der Waals surface area contributed by atoms with E-state index in [1.807, 2.05) is 17.8 Å². The summed E-state index contributed by atoms with van der Waals surface area (Å²) in [6, 6.07) is -0.105. The van der Waals surface area contributed by atoms with Gasteiger partial charge in [0.1, 0.15) is 5.82 Å². The lowest BCUT2D eigenvalue weighted by atomic mass is 9.85. The van der Waals surface area contributed by atoms with E-state index in [9.17, 15) is 18.0 Å². The van der Waals surface area contributed by atoms with Crippen molar-refractivity contribution in [2.45, 2.75) is 57.3 Å². The van der Waals surface area contributed by atoms with E-state index in [0.717, 1.165) is 38.3 Å². The Hall–Kier alpha value is -1.57. The molecule has 0 unspecified atom stereocenters. The number of hydrogen-bond donors (Lipinski definition) is 1. The quantitative estimate of drug-likeness (QED) is 0.884. The summed E-state index contributed by atoms with van der Waals surface area (Å²) >= 11 is 0. The molecule has 1 N–H and O–H groups in total. The summed E-state index contributed by atoms with van der Waals surface area (Å²) in [6.07, 6.45) is 2.26. The Kier molecular flexibility index (Phi) is 5.89. The van der Waals surface area contributed by atoms with E-state index < -0.39 is 12.1 Å². The molecule has 0 radical (unpaired) electrons. The normalized spacial score (nSPS) is 26.0. The van der Waals surface area contributed by atoms with Gasteiger partial charge in [-0.2, -0.15) is 13.2 Å². The minimum absolute atomic E-state index is 0.0112. The van der Waals surface area contributed by atoms with Gasteiger partial charge in [-0.1, -0.05) is 0 Å². The monoisotopic (exact) mass is 372 g/mol. The molecule has 0 atom stereocenters. The van der Waals surface area contributed by atoms with Crippen molar-refractivity contribution in [1.29, 1.82) is 0 Å². The lowest BCUT2D eigenvalue weighted by Crippen LogP contribution is -2.45. The van der Waals surface area contributed by atoms with E-state index in [1.54, 1.807) is 6.20 Å². The number of nitrogens with zero attached hydrogens (tertiary/aromatic N) is 3. The fourth-order valence-electron chi connectivity index (χ4n) is 3.99. The molecule has 146 valence electrons. The highest BCUT2D eigenvalue weighted by molar-refractivity contribution is 5.79. The molecule has 0 bridgehead atoms. The molecule has 3 rings (SSSR count). The maximum absolute atomic E-state index is 12.7. The highest BCUT2D eigenvalue weighted by Gasteiger charge is 2.41. The van der Waals surface area contributed by atoms with Crippen molar-refractivity contribution < 1.29 is 18.0 Å². The second-order valence-corrected chi connectivity index (χ2v) is 7.60. The number of halogens is 3. The third kappa shape index (κ3) is 4.78. The van der Waals surface area contributed by atoms with Crippen LogP contribution in [0.5, 0.6) is 0 Å². The van der Waals surface area contributed by atoms with E-state index >= 15 is 0 Å². The van der Waals surface area contributed by atoms with E-state index in [2.05, 4.69) is 15.2 Å². The molecule has 26 heavy (non-hydrogen) atoms. The van der Waals surface area contributed by atoms with Gasteiger partial charge in [-0.3, -0.25) is 9.69 Å². The van der Waals surface area contributed by atoms with Crippen LogP contribution in [0.15, 0.2) is 12.4 Å². The van der Waals surface area contributed by atoms with Gasteiger partial charge in [0.2, 0.25) is 5.91 Å². The first-order chi connectivity index (χ1) is 12.3. The van der Waals surface area contributed by atoms with Crippen LogP contribution in [0.25, 0.3) is 0 Å². The van der Waals surface area contributed by atoms with Crippen molar-refractivity contribution in [3.63, 3.8) is 0 Å². The molecule has 2 heterocycles. The van der Waals surface area contributed by atoms with E-state index in [0.29, 0.717) is 12.8 Å². The summed E-state index contributed by atoms with van der Waals surface area (Å²) in [5, 5.41) is 2.99. The number of aryl methyl sites for hydroxylation is 1. The predicted octanol–water partition coefficient (Wildman–Crippen LogP) is 2.87. The van der Waals surface area contributed by atoms with Gasteiger partial charge in [0, 0.05) is 31.4 Å². The molecule has 1 amide bonds. The van der Waals surface area contributed by atoms with Crippen molar-refractivity contribution in [3.8, 4) is 0 Å². The van der Waals surface area contributed by atoms with Crippen molar-refractivity contribution >= 4 is 5.91 Å². The van der Waals surface area contributed by atoms with Gasteiger partial charge in [0.15, 0.2) is 0 Å². The van der Waals surface area contributed by atoms with Crippen LogP contribution in [0.3, 0.4) is 0 Å². The molecule has 1 saturated heterocycles. The van der Waals surface area contributed by atoms with Crippen LogP contribution in [0.4, 0.5) is 13.2 Å². The number of carbonyl (C=O) groups is 1. The number of nitrogens with one attached hydrogen (secondary N) is 1. The Balaban J connectivity index is 1.40. The van der Waals surface area contributed by atoms with Gasteiger partial charge in [-0.05, 0) is 51.6 Å². The van der Waals surface area contributed by atoms with Gasteiger partial charge < -0.3 is 9.88 Å². The van der Waals surface area contributed by atoms with Crippen LogP contribution in [0.2, 0.25) is 0 Å². The number of alkyl halides is 3. The van der Waals surface area contributed by atoms with Gasteiger partial charge in [-0.25, -0.2) is 4.98 Å². The van der Waals surface area contributed by atoms with Gasteiger partial charge >= 0.3 is 6.18 Å². The molecule has 0 aromatic carbocycles. The van der Waals surface area contributed by atoms with Crippen LogP contribution in [0, 0.1) is 11.8 Å². The second kappa shape index (κ2) is 7.98. The fraction of sp³-hybridized carbons (Fsp3) is 0.778. The smallest absolute Gasteiger partial charge is 0.353 e. The molecule has 5 nitrogen and oxygen atoms in total. The third-order valence-corrected chi connectivity index (χ3v) is 5.78. The number of piperidine rings is 1. The third-order valence-electron chi connectivity index (χ3n) is 5.78. The summed E-state index contributed by atoms with van der Waals surface area (Å²) in [6.45, 7) is 2.46. The molecule has 2 fully saturated rings. The van der Waals surface area contributed by atoms with Crippen molar-refractivity contribution in [1.82, 2.24) is 19.8 Å². The maximum atomic E-state index is 12.7. The predicted molar refractivity (Wildman–Crippen MR) is 91.2 cm³/mol. The topological polar surface area (TPSA) is 50.2 Å². The molecular formula is C18H27F3N4O. The number of aromatic nitrogens is 2. The number of amides is 1. The van der Waals surface area contributed by atoms with Crippen LogP contribution in [-0.4, -0.2) is 45.7 Å². The first kappa shape index (κ1) is 19.2. The first-order valence-corrected chi connectivity index (χ1v) is 9.38. The standard InChI is InChI=1S/C18H27F3N4O/c1-24-11-8-22-16(24)12-25-9-6-13(7-10-25)17(26)23-15-4-2-14(3-5-15)18(19,20)21/h8,11,13-15H,2-7,9-10,12H2,1H3,(H,23,26). The molecule has 1 saturated carbocycles. The van der Waals surface area contributed by atoms with Crippen LogP contribution in [-0.2, 0) is 18.4 Å². The molecule has 1 aromatic rings. The molecule has 1 aromatic heterocycles. The zero-order valence-electron chi connectivity index (χ0n) is 15.1. The molecule has 2 aliphatic rings. The Labute approximate surface area is 152 Å². The number of likely N-dealkylation sites (tertiary alicyclic amines) is 1. The molecular weight excluding hydrogens is 345 g/mol. The minimum atomic E-state index is -4.10. The highest BCUT2D eigenvalue weighted by Crippen LogP contribution is 2.37. The summed E-state index contributed by atoms with van der Waals surface area (Å²) in [5.74, 6) is -0.218. The van der Waals surface area contributed by atoms with Crippen molar-refractivity contribution in [3.05, 3.63) is 18.2 Å².